The Morgan fingerprint density at radius 2 is 1.72 bits per heavy atom. The molecule has 1 unspecified atom stereocenters. The zero-order valence-corrected chi connectivity index (χ0v) is 16.1. The van der Waals surface area contributed by atoms with Crippen molar-refractivity contribution in [3.05, 3.63) is 65.7 Å². The molecule has 0 spiro atoms. The van der Waals surface area contributed by atoms with Gasteiger partial charge in [0.1, 0.15) is 30.3 Å². The number of benzene rings is 2. The van der Waals surface area contributed by atoms with Crippen molar-refractivity contribution in [2.75, 3.05) is 33.0 Å². The Labute approximate surface area is 170 Å². The molecule has 0 bridgehead atoms. The summed E-state index contributed by atoms with van der Waals surface area (Å²) >= 11 is 0. The van der Waals surface area contributed by atoms with E-state index < -0.39 is 0 Å². The molecule has 2 aliphatic rings. The molecule has 2 aromatic carbocycles. The first kappa shape index (κ1) is 19.5. The predicted molar refractivity (Wildman–Crippen MR) is 107 cm³/mol. The van der Waals surface area contributed by atoms with Gasteiger partial charge in [-0.05, 0) is 41.5 Å². The van der Waals surface area contributed by atoms with Gasteiger partial charge in [0.2, 0.25) is 0 Å². The van der Waals surface area contributed by atoms with Crippen molar-refractivity contribution >= 4 is 12.0 Å². The minimum atomic E-state index is -0.360. The normalized spacial score (nSPS) is 18.3. The molecule has 2 aliphatic heterocycles. The van der Waals surface area contributed by atoms with Gasteiger partial charge < -0.3 is 23.7 Å². The Kier molecular flexibility index (Phi) is 6.44. The third-order valence-electron chi connectivity index (χ3n) is 4.60. The number of hydrogen-bond donors (Lipinski definition) is 0. The van der Waals surface area contributed by atoms with E-state index in [-0.39, 0.29) is 18.2 Å². The van der Waals surface area contributed by atoms with Crippen LogP contribution in [0.3, 0.4) is 0 Å². The maximum Gasteiger partial charge on any atom is 0.330 e. The van der Waals surface area contributed by atoms with E-state index in [1.807, 2.05) is 48.5 Å². The maximum atomic E-state index is 11.9. The fourth-order valence-corrected chi connectivity index (χ4v) is 2.72. The summed E-state index contributed by atoms with van der Waals surface area (Å²) in [5.41, 5.74) is 2.00. The van der Waals surface area contributed by atoms with Crippen LogP contribution < -0.4 is 9.47 Å². The standard InChI is InChI=1S/C23H24O6/c24-23(10-5-17-3-8-20(9-4-17)29-22-13-25-14-22)26-12-11-18-1-6-19(7-2-18)27-15-21-16-28-21/h1-10,21-22H,11-16H2. The topological polar surface area (TPSA) is 66.5 Å². The lowest BCUT2D eigenvalue weighted by Crippen LogP contribution is -2.38. The summed E-state index contributed by atoms with van der Waals surface area (Å²) in [6.07, 6.45) is 4.21. The van der Waals surface area contributed by atoms with Crippen LogP contribution in [0.1, 0.15) is 11.1 Å². The number of rotatable bonds is 10. The van der Waals surface area contributed by atoms with Gasteiger partial charge in [-0.1, -0.05) is 24.3 Å². The monoisotopic (exact) mass is 396 g/mol. The third kappa shape index (κ3) is 6.34. The van der Waals surface area contributed by atoms with E-state index in [2.05, 4.69) is 0 Å². The van der Waals surface area contributed by atoms with E-state index >= 15 is 0 Å². The number of ether oxygens (including phenoxy) is 5. The number of esters is 1. The molecule has 0 aromatic heterocycles. The van der Waals surface area contributed by atoms with Gasteiger partial charge in [0.05, 0.1) is 26.4 Å². The molecule has 6 nitrogen and oxygen atoms in total. The molecule has 0 saturated carbocycles. The van der Waals surface area contributed by atoms with Gasteiger partial charge in [0.15, 0.2) is 0 Å². The number of carbonyl (C=O) groups excluding carboxylic acids is 1. The van der Waals surface area contributed by atoms with Crippen LogP contribution in [0.5, 0.6) is 11.5 Å². The van der Waals surface area contributed by atoms with Crippen molar-refractivity contribution in [2.24, 2.45) is 0 Å². The minimum Gasteiger partial charge on any atom is -0.491 e. The first-order valence-corrected chi connectivity index (χ1v) is 9.77. The van der Waals surface area contributed by atoms with Crippen molar-refractivity contribution in [1.82, 2.24) is 0 Å². The van der Waals surface area contributed by atoms with E-state index in [1.54, 1.807) is 6.08 Å². The highest BCUT2D eigenvalue weighted by Crippen LogP contribution is 2.18. The van der Waals surface area contributed by atoms with Gasteiger partial charge in [-0.15, -0.1) is 0 Å². The minimum absolute atomic E-state index is 0.146. The van der Waals surface area contributed by atoms with Gasteiger partial charge in [-0.3, -0.25) is 0 Å². The average molecular weight is 396 g/mol. The lowest BCUT2D eigenvalue weighted by Gasteiger charge is -2.26. The van der Waals surface area contributed by atoms with Crippen LogP contribution >= 0.6 is 0 Å². The largest absolute Gasteiger partial charge is 0.491 e. The smallest absolute Gasteiger partial charge is 0.330 e. The first-order valence-electron chi connectivity index (χ1n) is 9.77. The quantitative estimate of drug-likeness (QED) is 0.349. The molecule has 1 atom stereocenters. The Morgan fingerprint density at radius 1 is 1.00 bits per heavy atom. The lowest BCUT2D eigenvalue weighted by atomic mass is 10.1. The SMILES string of the molecule is O=C(C=Cc1ccc(OC2COC2)cc1)OCCc1ccc(OCC2CO2)cc1. The zero-order chi connectivity index (χ0) is 19.9. The lowest BCUT2D eigenvalue weighted by molar-refractivity contribution is -0.137. The Balaban J connectivity index is 1.15. The highest BCUT2D eigenvalue weighted by Gasteiger charge is 2.23. The Bertz CT molecular complexity index is 819. The van der Waals surface area contributed by atoms with Crippen LogP contribution in [-0.4, -0.2) is 51.2 Å². The van der Waals surface area contributed by atoms with Crippen LogP contribution in [-0.2, 0) is 25.4 Å². The molecule has 0 amide bonds. The molecule has 29 heavy (non-hydrogen) atoms. The van der Waals surface area contributed by atoms with E-state index in [0.717, 1.165) is 29.2 Å². The van der Waals surface area contributed by atoms with E-state index in [1.165, 1.54) is 6.08 Å². The van der Waals surface area contributed by atoms with Crippen LogP contribution in [0.4, 0.5) is 0 Å². The molecule has 2 aromatic rings. The van der Waals surface area contributed by atoms with Gasteiger partial charge >= 0.3 is 5.97 Å². The second-order valence-corrected chi connectivity index (χ2v) is 7.01. The molecule has 0 radical (unpaired) electrons. The summed E-state index contributed by atoms with van der Waals surface area (Å²) in [6, 6.07) is 15.4. The highest BCUT2D eigenvalue weighted by molar-refractivity contribution is 5.87. The molecule has 2 fully saturated rings. The molecule has 2 heterocycles. The summed E-state index contributed by atoms with van der Waals surface area (Å²) in [7, 11) is 0. The summed E-state index contributed by atoms with van der Waals surface area (Å²) in [5, 5.41) is 0. The molecule has 4 rings (SSSR count). The van der Waals surface area contributed by atoms with Crippen LogP contribution in [0.15, 0.2) is 54.6 Å². The number of hydrogen-bond acceptors (Lipinski definition) is 6. The summed E-state index contributed by atoms with van der Waals surface area (Å²) in [6.45, 7) is 2.99. The van der Waals surface area contributed by atoms with E-state index in [9.17, 15) is 4.79 Å². The Morgan fingerprint density at radius 3 is 2.38 bits per heavy atom. The fourth-order valence-electron chi connectivity index (χ4n) is 2.72. The summed E-state index contributed by atoms with van der Waals surface area (Å²) in [4.78, 5) is 11.9. The highest BCUT2D eigenvalue weighted by atomic mass is 16.6. The molecule has 0 N–H and O–H groups in total. The van der Waals surface area contributed by atoms with Crippen molar-refractivity contribution in [1.29, 1.82) is 0 Å². The van der Waals surface area contributed by atoms with Crippen LogP contribution in [0.25, 0.3) is 6.08 Å². The molecular weight excluding hydrogens is 372 g/mol. The predicted octanol–water partition coefficient (Wildman–Crippen LogP) is 3.04. The molecule has 2 saturated heterocycles. The van der Waals surface area contributed by atoms with Crippen LogP contribution in [0, 0.1) is 0 Å². The summed E-state index contributed by atoms with van der Waals surface area (Å²) < 4.78 is 26.8. The number of epoxide rings is 1. The van der Waals surface area contributed by atoms with Crippen molar-refractivity contribution in [2.45, 2.75) is 18.6 Å². The van der Waals surface area contributed by atoms with Crippen molar-refractivity contribution < 1.29 is 28.5 Å². The Hall–Kier alpha value is -2.83. The van der Waals surface area contributed by atoms with Crippen LogP contribution in [0.2, 0.25) is 0 Å². The van der Waals surface area contributed by atoms with Gasteiger partial charge in [0.25, 0.3) is 0 Å². The van der Waals surface area contributed by atoms with Crippen molar-refractivity contribution in [3.8, 4) is 11.5 Å². The van der Waals surface area contributed by atoms with Gasteiger partial charge in [-0.2, -0.15) is 0 Å². The van der Waals surface area contributed by atoms with Gasteiger partial charge in [0, 0.05) is 12.5 Å². The first-order chi connectivity index (χ1) is 14.2. The molecular formula is C23H24O6. The third-order valence-corrected chi connectivity index (χ3v) is 4.60. The van der Waals surface area contributed by atoms with E-state index in [0.29, 0.717) is 32.8 Å². The van der Waals surface area contributed by atoms with Crippen molar-refractivity contribution in [3.63, 3.8) is 0 Å². The second-order valence-electron chi connectivity index (χ2n) is 7.01. The van der Waals surface area contributed by atoms with Gasteiger partial charge in [-0.25, -0.2) is 4.79 Å². The van der Waals surface area contributed by atoms with E-state index in [4.69, 9.17) is 23.7 Å². The average Bonchev–Trinajstić information content (AvgIpc) is 3.54. The molecule has 6 heteroatoms. The fraction of sp³-hybridized carbons (Fsp3) is 0.348. The molecule has 152 valence electrons. The number of carbonyl (C=O) groups is 1. The summed E-state index contributed by atoms with van der Waals surface area (Å²) in [5.74, 6) is 1.26. The second kappa shape index (κ2) is 9.58. The molecule has 0 aliphatic carbocycles. The maximum absolute atomic E-state index is 11.9. The zero-order valence-electron chi connectivity index (χ0n) is 16.1.